The molecule has 0 fully saturated rings. The van der Waals surface area contributed by atoms with E-state index in [-0.39, 0.29) is 0 Å². The maximum Gasteiger partial charge on any atom is 0.0441 e. The highest BCUT2D eigenvalue weighted by Gasteiger charge is 2.06. The molecule has 0 spiro atoms. The highest BCUT2D eigenvalue weighted by atomic mass is 32.2. The van der Waals surface area contributed by atoms with Gasteiger partial charge in [0.15, 0.2) is 0 Å². The van der Waals surface area contributed by atoms with Gasteiger partial charge in [0.25, 0.3) is 0 Å². The minimum absolute atomic E-state index is 0.326. The van der Waals surface area contributed by atoms with Crippen LogP contribution in [0.3, 0.4) is 0 Å². The molecule has 11 heavy (non-hydrogen) atoms. The van der Waals surface area contributed by atoms with Gasteiger partial charge in [0.05, 0.1) is 0 Å². The lowest BCUT2D eigenvalue weighted by atomic mass is 10.3. The summed E-state index contributed by atoms with van der Waals surface area (Å²) in [5, 5.41) is 10.0. The van der Waals surface area contributed by atoms with Crippen LogP contribution in [0.1, 0.15) is 40.0 Å². The van der Waals surface area contributed by atoms with Crippen molar-refractivity contribution in [2.45, 2.75) is 50.5 Å². The van der Waals surface area contributed by atoms with Gasteiger partial charge in [-0.25, -0.2) is 0 Å². The van der Waals surface area contributed by atoms with Crippen LogP contribution in [0.4, 0.5) is 0 Å². The molecule has 0 aromatic rings. The molecule has 0 aliphatic rings. The molecule has 0 aliphatic carbocycles. The lowest BCUT2D eigenvalue weighted by Crippen LogP contribution is -2.06. The number of hydrogen-bond donors (Lipinski definition) is 1. The van der Waals surface area contributed by atoms with Crippen molar-refractivity contribution in [3.8, 4) is 0 Å². The van der Waals surface area contributed by atoms with Crippen LogP contribution in [0.5, 0.6) is 0 Å². The maximum atomic E-state index is 8.67. The van der Waals surface area contributed by atoms with Crippen LogP contribution < -0.4 is 0 Å². The van der Waals surface area contributed by atoms with Crippen molar-refractivity contribution in [2.24, 2.45) is 0 Å². The van der Waals surface area contributed by atoms with Crippen molar-refractivity contribution in [2.75, 3.05) is 6.61 Å². The van der Waals surface area contributed by atoms with Gasteiger partial charge in [-0.05, 0) is 12.8 Å². The third kappa shape index (κ3) is 6.70. The molecule has 0 aromatic carbocycles. The van der Waals surface area contributed by atoms with Crippen molar-refractivity contribution in [1.82, 2.24) is 0 Å². The Labute approximate surface area is 74.6 Å². The van der Waals surface area contributed by atoms with Crippen molar-refractivity contribution in [3.05, 3.63) is 0 Å². The summed E-state index contributed by atoms with van der Waals surface area (Å²) in [6.07, 6.45) is 3.49. The first-order valence-electron chi connectivity index (χ1n) is 4.47. The fourth-order valence-corrected chi connectivity index (χ4v) is 2.53. The summed E-state index contributed by atoms with van der Waals surface area (Å²) >= 11 is 1.99. The molecular weight excluding hydrogens is 156 g/mol. The van der Waals surface area contributed by atoms with Gasteiger partial charge < -0.3 is 5.11 Å². The van der Waals surface area contributed by atoms with Crippen LogP contribution in [0.2, 0.25) is 0 Å². The smallest absolute Gasteiger partial charge is 0.0441 e. The normalized spacial score (nSPS) is 16.4. The van der Waals surface area contributed by atoms with Crippen LogP contribution in [-0.2, 0) is 0 Å². The van der Waals surface area contributed by atoms with Gasteiger partial charge in [0.2, 0.25) is 0 Å². The van der Waals surface area contributed by atoms with Crippen LogP contribution in [0.15, 0.2) is 0 Å². The predicted octanol–water partition coefficient (Wildman–Crippen LogP) is 2.68. The Balaban J connectivity index is 3.32. The average molecular weight is 176 g/mol. The van der Waals surface area contributed by atoms with Gasteiger partial charge in [-0.2, -0.15) is 11.8 Å². The lowest BCUT2D eigenvalue weighted by molar-refractivity contribution is 0.289. The molecular formula is C9H20OS. The molecule has 0 amide bonds. The number of aliphatic hydroxyl groups is 1. The molecule has 2 atom stereocenters. The van der Waals surface area contributed by atoms with E-state index in [1.807, 2.05) is 11.8 Å². The molecule has 68 valence electrons. The minimum atomic E-state index is 0.326. The van der Waals surface area contributed by atoms with Crippen molar-refractivity contribution < 1.29 is 5.11 Å². The standard InChI is InChI=1S/C9H20OS/c1-4-5-8(2)11-9(3)6-7-10/h8-10H,4-7H2,1-3H3. The van der Waals surface area contributed by atoms with E-state index in [0.29, 0.717) is 11.9 Å². The predicted molar refractivity (Wildman–Crippen MR) is 53.1 cm³/mol. The first-order chi connectivity index (χ1) is 5.20. The lowest BCUT2D eigenvalue weighted by Gasteiger charge is -2.15. The molecule has 0 radical (unpaired) electrons. The largest absolute Gasteiger partial charge is 0.396 e. The first kappa shape index (κ1) is 11.3. The van der Waals surface area contributed by atoms with Crippen LogP contribution in [0.25, 0.3) is 0 Å². The summed E-state index contributed by atoms with van der Waals surface area (Å²) in [6.45, 7) is 7.00. The van der Waals surface area contributed by atoms with E-state index < -0.39 is 0 Å². The van der Waals surface area contributed by atoms with Gasteiger partial charge in [0.1, 0.15) is 0 Å². The van der Waals surface area contributed by atoms with Crippen molar-refractivity contribution in [3.63, 3.8) is 0 Å². The van der Waals surface area contributed by atoms with E-state index in [0.717, 1.165) is 11.7 Å². The number of aliphatic hydroxyl groups excluding tert-OH is 1. The summed E-state index contributed by atoms with van der Waals surface area (Å²) < 4.78 is 0. The van der Waals surface area contributed by atoms with Gasteiger partial charge in [-0.15, -0.1) is 0 Å². The summed E-state index contributed by atoms with van der Waals surface area (Å²) in [7, 11) is 0. The van der Waals surface area contributed by atoms with E-state index in [1.54, 1.807) is 0 Å². The topological polar surface area (TPSA) is 20.2 Å². The van der Waals surface area contributed by atoms with Gasteiger partial charge in [0, 0.05) is 17.1 Å². The monoisotopic (exact) mass is 176 g/mol. The second kappa shape index (κ2) is 6.99. The van der Waals surface area contributed by atoms with Crippen LogP contribution in [0, 0.1) is 0 Å². The molecule has 0 saturated heterocycles. The van der Waals surface area contributed by atoms with E-state index in [2.05, 4.69) is 20.8 Å². The molecule has 0 bridgehead atoms. The van der Waals surface area contributed by atoms with E-state index in [4.69, 9.17) is 5.11 Å². The molecule has 0 heterocycles. The fraction of sp³-hybridized carbons (Fsp3) is 1.00. The first-order valence-corrected chi connectivity index (χ1v) is 5.41. The maximum absolute atomic E-state index is 8.67. The van der Waals surface area contributed by atoms with Gasteiger partial charge in [-0.3, -0.25) is 0 Å². The van der Waals surface area contributed by atoms with Crippen LogP contribution in [-0.4, -0.2) is 22.2 Å². The molecule has 2 heteroatoms. The third-order valence-corrected chi connectivity index (χ3v) is 3.10. The van der Waals surface area contributed by atoms with E-state index in [9.17, 15) is 0 Å². The summed E-state index contributed by atoms with van der Waals surface area (Å²) in [4.78, 5) is 0. The second-order valence-electron chi connectivity index (χ2n) is 3.06. The Hall–Kier alpha value is 0.310. The van der Waals surface area contributed by atoms with Crippen molar-refractivity contribution in [1.29, 1.82) is 0 Å². The van der Waals surface area contributed by atoms with Crippen molar-refractivity contribution >= 4 is 11.8 Å². The molecule has 0 rings (SSSR count). The number of thioether (sulfide) groups is 1. The van der Waals surface area contributed by atoms with Gasteiger partial charge >= 0.3 is 0 Å². The zero-order valence-electron chi connectivity index (χ0n) is 7.84. The summed E-state index contributed by atoms with van der Waals surface area (Å²) in [5.41, 5.74) is 0. The third-order valence-electron chi connectivity index (χ3n) is 1.70. The quantitative estimate of drug-likeness (QED) is 0.671. The average Bonchev–Trinajstić information content (AvgIpc) is 1.87. The molecule has 0 saturated carbocycles. The van der Waals surface area contributed by atoms with Crippen LogP contribution >= 0.6 is 11.8 Å². The molecule has 2 unspecified atom stereocenters. The molecule has 0 aliphatic heterocycles. The Bertz CT molecular complexity index is 75.6. The Kier molecular flexibility index (Phi) is 7.18. The molecule has 0 aromatic heterocycles. The van der Waals surface area contributed by atoms with E-state index >= 15 is 0 Å². The van der Waals surface area contributed by atoms with Gasteiger partial charge in [-0.1, -0.05) is 27.2 Å². The zero-order valence-corrected chi connectivity index (χ0v) is 8.66. The minimum Gasteiger partial charge on any atom is -0.396 e. The Morgan fingerprint density at radius 2 is 1.73 bits per heavy atom. The summed E-state index contributed by atoms with van der Waals surface area (Å²) in [5.74, 6) is 0. The SMILES string of the molecule is CCCC(C)SC(C)CCO. The number of rotatable bonds is 6. The Morgan fingerprint density at radius 3 is 2.18 bits per heavy atom. The Morgan fingerprint density at radius 1 is 1.18 bits per heavy atom. The molecule has 1 N–H and O–H groups in total. The number of hydrogen-bond acceptors (Lipinski definition) is 2. The molecule has 1 nitrogen and oxygen atoms in total. The van der Waals surface area contributed by atoms with E-state index in [1.165, 1.54) is 12.8 Å². The summed E-state index contributed by atoms with van der Waals surface area (Å²) in [6, 6.07) is 0. The zero-order chi connectivity index (χ0) is 8.69. The highest BCUT2D eigenvalue weighted by Crippen LogP contribution is 2.22. The second-order valence-corrected chi connectivity index (χ2v) is 4.94. The highest BCUT2D eigenvalue weighted by molar-refractivity contribution is 8.00. The fourth-order valence-electron chi connectivity index (χ4n) is 1.12.